The molecule has 7 nitrogen and oxygen atoms in total. The van der Waals surface area contributed by atoms with Gasteiger partial charge in [-0.2, -0.15) is 0 Å². The van der Waals surface area contributed by atoms with Gasteiger partial charge in [0.2, 0.25) is 5.91 Å². The highest BCUT2D eigenvalue weighted by atomic mass is 16.5. The first kappa shape index (κ1) is 24.8. The van der Waals surface area contributed by atoms with Crippen molar-refractivity contribution in [3.8, 4) is 11.1 Å². The molecular weight excluding hydrogens is 444 g/mol. The Morgan fingerprint density at radius 2 is 1.69 bits per heavy atom. The summed E-state index contributed by atoms with van der Waals surface area (Å²) in [6.45, 7) is 6.28. The largest absolute Gasteiger partial charge is 0.479 e. The van der Waals surface area contributed by atoms with E-state index in [4.69, 9.17) is 4.74 Å². The van der Waals surface area contributed by atoms with Crippen LogP contribution in [-0.2, 0) is 14.3 Å². The number of amides is 2. The number of nitrogens with one attached hydrogen (secondary N) is 1. The van der Waals surface area contributed by atoms with E-state index in [0.717, 1.165) is 22.3 Å². The Labute approximate surface area is 206 Å². The van der Waals surface area contributed by atoms with Crippen LogP contribution >= 0.6 is 0 Å². The van der Waals surface area contributed by atoms with E-state index in [-0.39, 0.29) is 30.8 Å². The van der Waals surface area contributed by atoms with E-state index in [1.807, 2.05) is 38.1 Å². The minimum atomic E-state index is -1.15. The van der Waals surface area contributed by atoms with Crippen molar-refractivity contribution in [2.45, 2.75) is 64.0 Å². The van der Waals surface area contributed by atoms with E-state index in [2.05, 4.69) is 29.6 Å². The summed E-state index contributed by atoms with van der Waals surface area (Å²) in [6, 6.07) is 15.8. The number of aliphatic carboxylic acids is 1. The molecule has 186 valence electrons. The number of nitrogens with zero attached hydrogens (tertiary/aromatic N) is 1. The van der Waals surface area contributed by atoms with Crippen molar-refractivity contribution in [3.63, 3.8) is 0 Å². The Morgan fingerprint density at radius 1 is 1.09 bits per heavy atom. The van der Waals surface area contributed by atoms with Crippen molar-refractivity contribution in [2.75, 3.05) is 13.2 Å². The first-order valence-electron chi connectivity index (χ1n) is 12.4. The fourth-order valence-electron chi connectivity index (χ4n) is 5.53. The molecule has 7 heteroatoms. The minimum absolute atomic E-state index is 0.0251. The molecule has 1 aliphatic heterocycles. The molecule has 1 unspecified atom stereocenters. The summed E-state index contributed by atoms with van der Waals surface area (Å²) >= 11 is 0. The lowest BCUT2D eigenvalue weighted by atomic mass is 9.92. The normalized spacial score (nSPS) is 19.8. The van der Waals surface area contributed by atoms with Crippen LogP contribution in [-0.4, -0.2) is 52.7 Å². The zero-order valence-electron chi connectivity index (χ0n) is 20.6. The van der Waals surface area contributed by atoms with Crippen molar-refractivity contribution in [1.29, 1.82) is 0 Å². The van der Waals surface area contributed by atoms with Crippen LogP contribution in [0.3, 0.4) is 0 Å². The summed E-state index contributed by atoms with van der Waals surface area (Å²) in [6.07, 6.45) is 0.950. The third-order valence-corrected chi connectivity index (χ3v) is 7.62. The second-order valence-electron chi connectivity index (χ2n) is 9.86. The van der Waals surface area contributed by atoms with E-state index in [1.165, 1.54) is 4.90 Å². The number of carbonyl (C=O) groups excluding carboxylic acids is 2. The molecule has 35 heavy (non-hydrogen) atoms. The Balaban J connectivity index is 1.40. The van der Waals surface area contributed by atoms with Crippen LogP contribution in [0.2, 0.25) is 0 Å². The molecule has 0 aromatic heterocycles. The van der Waals surface area contributed by atoms with E-state index in [9.17, 15) is 19.5 Å². The van der Waals surface area contributed by atoms with Crippen LogP contribution in [0, 0.1) is 5.92 Å². The van der Waals surface area contributed by atoms with Gasteiger partial charge in [0, 0.05) is 24.9 Å². The number of carboxylic acids is 1. The average Bonchev–Trinajstić information content (AvgIpc) is 3.43. The maximum absolute atomic E-state index is 13.1. The molecule has 2 atom stereocenters. The third-order valence-electron chi connectivity index (χ3n) is 7.62. The Hall–Kier alpha value is -3.35. The maximum atomic E-state index is 13.1. The summed E-state index contributed by atoms with van der Waals surface area (Å²) < 4.78 is 5.66. The van der Waals surface area contributed by atoms with Crippen LogP contribution in [0.4, 0.5) is 4.79 Å². The lowest BCUT2D eigenvalue weighted by Crippen LogP contribution is -2.54. The van der Waals surface area contributed by atoms with Crippen molar-refractivity contribution in [3.05, 3.63) is 59.7 Å². The molecule has 1 fully saturated rings. The van der Waals surface area contributed by atoms with Crippen molar-refractivity contribution in [1.82, 2.24) is 10.2 Å². The van der Waals surface area contributed by atoms with E-state index in [0.29, 0.717) is 25.8 Å². The Morgan fingerprint density at radius 3 is 2.23 bits per heavy atom. The van der Waals surface area contributed by atoms with Crippen LogP contribution in [0.1, 0.15) is 63.5 Å². The molecule has 2 N–H and O–H groups in total. The molecule has 2 aromatic rings. The zero-order valence-corrected chi connectivity index (χ0v) is 20.6. The van der Waals surface area contributed by atoms with Gasteiger partial charge in [0.05, 0.1) is 0 Å². The summed E-state index contributed by atoms with van der Waals surface area (Å²) in [7, 11) is 0. The predicted octanol–water partition coefficient (Wildman–Crippen LogP) is 4.80. The molecule has 4 rings (SSSR count). The molecule has 0 saturated carbocycles. The first-order chi connectivity index (χ1) is 16.8. The Kier molecular flexibility index (Phi) is 7.15. The smallest absolute Gasteiger partial charge is 0.407 e. The van der Waals surface area contributed by atoms with Gasteiger partial charge in [-0.15, -0.1) is 0 Å². The van der Waals surface area contributed by atoms with Gasteiger partial charge in [-0.3, -0.25) is 4.79 Å². The number of ether oxygens (including phenoxy) is 1. The van der Waals surface area contributed by atoms with Gasteiger partial charge in [-0.1, -0.05) is 69.3 Å². The van der Waals surface area contributed by atoms with Crippen LogP contribution in [0.5, 0.6) is 0 Å². The van der Waals surface area contributed by atoms with Crippen molar-refractivity contribution < 1.29 is 24.2 Å². The molecule has 1 saturated heterocycles. The van der Waals surface area contributed by atoms with Gasteiger partial charge in [0.15, 0.2) is 0 Å². The second kappa shape index (κ2) is 10.1. The highest BCUT2D eigenvalue weighted by molar-refractivity contribution is 5.88. The van der Waals surface area contributed by atoms with Gasteiger partial charge in [0.25, 0.3) is 0 Å². The number of carboxylic acid groups (broad SMARTS) is 1. The monoisotopic (exact) mass is 478 g/mol. The second-order valence-corrected chi connectivity index (χ2v) is 9.86. The fraction of sp³-hybridized carbons (Fsp3) is 0.464. The third kappa shape index (κ3) is 4.64. The van der Waals surface area contributed by atoms with Crippen molar-refractivity contribution >= 4 is 18.0 Å². The minimum Gasteiger partial charge on any atom is -0.479 e. The number of alkyl carbamates (subject to hydrolysis) is 1. The summed E-state index contributed by atoms with van der Waals surface area (Å²) in [4.78, 5) is 39.4. The highest BCUT2D eigenvalue weighted by Crippen LogP contribution is 2.44. The van der Waals surface area contributed by atoms with Crippen LogP contribution in [0.15, 0.2) is 48.5 Å². The van der Waals surface area contributed by atoms with Gasteiger partial charge < -0.3 is 20.1 Å². The number of hydrogen-bond donors (Lipinski definition) is 2. The van der Waals surface area contributed by atoms with Gasteiger partial charge >= 0.3 is 12.1 Å². The number of rotatable bonds is 8. The summed E-state index contributed by atoms with van der Waals surface area (Å²) in [5, 5.41) is 12.7. The lowest BCUT2D eigenvalue weighted by molar-refractivity contribution is -0.157. The SMILES string of the molecule is CCC1(C(=O)O)CCCN1C(=O)C[C@@H](NC(=O)OCC1c2ccccc2-c2ccccc21)C(C)C. The molecular formula is C28H34N2O5. The summed E-state index contributed by atoms with van der Waals surface area (Å²) in [5.74, 6) is -1.28. The Bertz CT molecular complexity index is 1070. The zero-order chi connectivity index (χ0) is 25.2. The topological polar surface area (TPSA) is 95.9 Å². The van der Waals surface area contributed by atoms with E-state index >= 15 is 0 Å². The first-order valence-corrected chi connectivity index (χ1v) is 12.4. The number of benzene rings is 2. The standard InChI is InChI=1S/C28H34N2O5/c1-4-28(26(32)33)14-9-15-30(28)25(31)16-24(18(2)3)29-27(34)35-17-23-21-12-7-5-10-19(21)20-11-6-8-13-22(20)23/h5-8,10-13,18,23-24H,4,9,14-17H2,1-3H3,(H,29,34)(H,32,33)/t24-,28?/m1/s1. The van der Waals surface area contributed by atoms with Gasteiger partial charge in [-0.05, 0) is 47.4 Å². The molecule has 2 amide bonds. The average molecular weight is 479 g/mol. The summed E-state index contributed by atoms with van der Waals surface area (Å²) in [5.41, 5.74) is 3.44. The number of carbonyl (C=O) groups is 3. The lowest BCUT2D eigenvalue weighted by Gasteiger charge is -2.35. The van der Waals surface area contributed by atoms with E-state index in [1.54, 1.807) is 6.92 Å². The molecule has 0 spiro atoms. The fourth-order valence-corrected chi connectivity index (χ4v) is 5.53. The number of fused-ring (bicyclic) bond motifs is 3. The number of likely N-dealkylation sites (tertiary alicyclic amines) is 1. The van der Waals surface area contributed by atoms with Crippen LogP contribution < -0.4 is 5.32 Å². The highest BCUT2D eigenvalue weighted by Gasteiger charge is 2.48. The van der Waals surface area contributed by atoms with Crippen LogP contribution in [0.25, 0.3) is 11.1 Å². The quantitative estimate of drug-likeness (QED) is 0.568. The maximum Gasteiger partial charge on any atom is 0.407 e. The molecule has 2 aliphatic rings. The van der Waals surface area contributed by atoms with Gasteiger partial charge in [-0.25, -0.2) is 9.59 Å². The molecule has 1 heterocycles. The van der Waals surface area contributed by atoms with E-state index < -0.39 is 23.6 Å². The molecule has 2 aromatic carbocycles. The molecule has 0 radical (unpaired) electrons. The van der Waals surface area contributed by atoms with Gasteiger partial charge in [0.1, 0.15) is 12.1 Å². The van der Waals surface area contributed by atoms with Crippen molar-refractivity contribution in [2.24, 2.45) is 5.92 Å². The number of hydrogen-bond acceptors (Lipinski definition) is 4. The predicted molar refractivity (Wildman–Crippen MR) is 133 cm³/mol. The molecule has 0 bridgehead atoms. The molecule has 1 aliphatic carbocycles.